The van der Waals surface area contributed by atoms with Crippen molar-refractivity contribution in [2.75, 3.05) is 35.8 Å². The molecule has 0 spiro atoms. The van der Waals surface area contributed by atoms with Crippen LogP contribution in [0.25, 0.3) is 22.2 Å². The minimum Gasteiger partial charge on any atom is -0.352 e. The Hall–Kier alpha value is -2.15. The summed E-state index contributed by atoms with van der Waals surface area (Å²) in [5.74, 6) is 0.828. The number of carbonyl (C=O) groups excluding carboxylic acids is 1. The van der Waals surface area contributed by atoms with Crippen LogP contribution in [-0.4, -0.2) is 70.6 Å². The summed E-state index contributed by atoms with van der Waals surface area (Å²) in [5, 5.41) is 9.76. The fourth-order valence-electron chi connectivity index (χ4n) is 5.64. The number of aromatic nitrogens is 5. The van der Waals surface area contributed by atoms with Crippen LogP contribution in [0.4, 0.5) is 10.9 Å². The third kappa shape index (κ3) is 7.76. The van der Waals surface area contributed by atoms with E-state index in [2.05, 4.69) is 60.8 Å². The molecule has 4 heterocycles. The third-order valence-electron chi connectivity index (χ3n) is 7.73. The van der Waals surface area contributed by atoms with Crippen molar-refractivity contribution < 1.29 is 78.6 Å². The Balaban J connectivity index is 0.00000240. The number of hydrogen-bond donors (Lipinski definition) is 2. The number of anilines is 2. The standard InChI is InChI=1S/C31H32N8O3S2.2Y/c1-5-25-35-36-31(43-25)37-44(41,42)23-8-6-22(7-9-23)16-26(40)38-10-12-39(13-11-38)30-28-24(17-32-29(28)33-18-34-30)27-20(3)14-19(2)15-21(27)4;;/h6-9,17-18H,5,10-13,16H2,1-4H3,(H,36,37)(H,32,33,34);;/q-2;;. The number of nitrogens with one attached hydrogen (secondary N) is 2. The quantitative estimate of drug-likeness (QED) is 0.222. The van der Waals surface area contributed by atoms with Crippen molar-refractivity contribution in [1.82, 2.24) is 30.0 Å². The average Bonchev–Trinajstić information content (AvgIpc) is 3.64. The summed E-state index contributed by atoms with van der Waals surface area (Å²) in [6, 6.07) is 13.1. The van der Waals surface area contributed by atoms with Gasteiger partial charge in [0.25, 0.3) is 10.0 Å². The van der Waals surface area contributed by atoms with Gasteiger partial charge in [0.05, 0.1) is 11.3 Å². The zero-order chi connectivity index (χ0) is 31.0. The molecule has 1 aliphatic heterocycles. The number of nitrogens with zero attached hydrogens (tertiary/aromatic N) is 6. The largest absolute Gasteiger partial charge is 0.352 e. The van der Waals surface area contributed by atoms with Crippen LogP contribution >= 0.6 is 11.3 Å². The number of sulfonamides is 1. The molecule has 0 unspecified atom stereocenters. The van der Waals surface area contributed by atoms with Crippen molar-refractivity contribution in [3.05, 3.63) is 76.2 Å². The van der Waals surface area contributed by atoms with E-state index in [0.29, 0.717) is 32.6 Å². The van der Waals surface area contributed by atoms with Crippen LogP contribution in [0.15, 0.2) is 41.7 Å². The second-order valence-electron chi connectivity index (χ2n) is 10.8. The monoisotopic (exact) mass is 806 g/mol. The summed E-state index contributed by atoms with van der Waals surface area (Å²) in [5.41, 5.74) is 6.68. The molecule has 0 saturated carbocycles. The fraction of sp³-hybridized carbons (Fsp3) is 0.323. The number of amides is 1. The molecule has 0 bridgehead atoms. The van der Waals surface area contributed by atoms with E-state index >= 15 is 0 Å². The van der Waals surface area contributed by atoms with E-state index in [9.17, 15) is 13.2 Å². The molecule has 0 aliphatic carbocycles. The van der Waals surface area contributed by atoms with Crippen LogP contribution in [-0.2, 0) is 93.1 Å². The van der Waals surface area contributed by atoms with E-state index in [1.807, 2.05) is 24.9 Å². The first-order chi connectivity index (χ1) is 21.1. The smallest absolute Gasteiger partial charge is 0.263 e. The predicted molar refractivity (Wildman–Crippen MR) is 170 cm³/mol. The van der Waals surface area contributed by atoms with Crippen molar-refractivity contribution in [3.63, 3.8) is 0 Å². The van der Waals surface area contributed by atoms with Crippen LogP contribution < -0.4 is 9.62 Å². The molecule has 2 N–H and O–H groups in total. The Morgan fingerprint density at radius 1 is 1.00 bits per heavy atom. The molecule has 2 aromatic carbocycles. The van der Waals surface area contributed by atoms with E-state index < -0.39 is 10.0 Å². The fourth-order valence-corrected chi connectivity index (χ4v) is 7.55. The number of benzene rings is 2. The van der Waals surface area contributed by atoms with Crippen molar-refractivity contribution >= 4 is 49.3 Å². The second-order valence-corrected chi connectivity index (χ2v) is 13.5. The number of aryl methyl sites for hydroxylation is 4. The molecule has 5 aromatic rings. The van der Waals surface area contributed by atoms with Gasteiger partial charge in [0, 0.05) is 97.0 Å². The van der Waals surface area contributed by atoms with Crippen molar-refractivity contribution in [3.8, 4) is 11.1 Å². The van der Waals surface area contributed by atoms with Crippen LogP contribution in [0.2, 0.25) is 0 Å². The van der Waals surface area contributed by atoms with E-state index in [1.165, 1.54) is 23.5 Å². The van der Waals surface area contributed by atoms with Crippen LogP contribution in [0.3, 0.4) is 0 Å². The average molecular weight is 807 g/mol. The Morgan fingerprint density at radius 3 is 2.30 bits per heavy atom. The van der Waals surface area contributed by atoms with E-state index in [1.54, 1.807) is 18.5 Å². The van der Waals surface area contributed by atoms with Gasteiger partial charge in [0.15, 0.2) is 0 Å². The molecule has 1 amide bonds. The van der Waals surface area contributed by atoms with Gasteiger partial charge < -0.3 is 26.9 Å². The number of piperazine rings is 1. The number of aromatic amines is 1. The summed E-state index contributed by atoms with van der Waals surface area (Å²) in [6.45, 7) is 10.4. The Morgan fingerprint density at radius 2 is 1.67 bits per heavy atom. The molecule has 11 nitrogen and oxygen atoms in total. The molecule has 6 rings (SSSR count). The third-order valence-corrected chi connectivity index (χ3v) is 10.2. The zero-order valence-corrected chi connectivity index (χ0v) is 33.4. The molecule has 46 heavy (non-hydrogen) atoms. The maximum Gasteiger partial charge on any atom is 0.263 e. The number of carbonyl (C=O) groups is 1. The molecule has 3 aromatic heterocycles. The summed E-state index contributed by atoms with van der Waals surface area (Å²) in [7, 11) is -3.80. The second kappa shape index (κ2) is 15.4. The maximum absolute atomic E-state index is 13.2. The van der Waals surface area contributed by atoms with Gasteiger partial charge in [0.2, 0.25) is 11.0 Å². The van der Waals surface area contributed by atoms with Crippen LogP contribution in [0.5, 0.6) is 0 Å². The predicted octanol–water partition coefficient (Wildman–Crippen LogP) is 4.25. The Bertz CT molecular complexity index is 1930. The zero-order valence-electron chi connectivity index (χ0n) is 26.1. The van der Waals surface area contributed by atoms with Gasteiger partial charge in [-0.05, 0) is 30.3 Å². The van der Waals surface area contributed by atoms with Gasteiger partial charge in [-0.1, -0.05) is 56.7 Å². The van der Waals surface area contributed by atoms with Gasteiger partial charge in [0.1, 0.15) is 22.8 Å². The molecule has 15 heteroatoms. The van der Waals surface area contributed by atoms with Gasteiger partial charge in [-0.3, -0.25) is 26.2 Å². The first-order valence-corrected chi connectivity index (χ1v) is 16.6. The molecule has 2 radical (unpaired) electrons. The summed E-state index contributed by atoms with van der Waals surface area (Å²) < 4.78 is 28.0. The first kappa shape index (κ1) is 36.7. The van der Waals surface area contributed by atoms with E-state index in [-0.39, 0.29) is 87.8 Å². The van der Waals surface area contributed by atoms with Gasteiger partial charge in [-0.15, -0.1) is 10.2 Å². The minimum atomic E-state index is -3.80. The molecule has 0 atom stereocenters. The Kier molecular flexibility index (Phi) is 12.3. The summed E-state index contributed by atoms with van der Waals surface area (Å²) in [6.07, 6.45) is 4.40. The van der Waals surface area contributed by atoms with E-state index in [4.69, 9.17) is 0 Å². The molecular formula is C31H32N8O3S2Y2-2. The molecular weight excluding hydrogens is 774 g/mol. The molecule has 1 fully saturated rings. The molecule has 234 valence electrons. The summed E-state index contributed by atoms with van der Waals surface area (Å²) >= 11 is 1.21. The summed E-state index contributed by atoms with van der Waals surface area (Å²) in [4.78, 5) is 29.8. The number of H-pyrrole nitrogens is 1. The van der Waals surface area contributed by atoms with E-state index in [0.717, 1.165) is 55.2 Å². The number of fused-ring (bicyclic) bond motifs is 1. The van der Waals surface area contributed by atoms with Crippen molar-refractivity contribution in [2.24, 2.45) is 0 Å². The van der Waals surface area contributed by atoms with Crippen molar-refractivity contribution in [1.29, 1.82) is 0 Å². The van der Waals surface area contributed by atoms with Crippen LogP contribution in [0, 0.1) is 32.9 Å². The first-order valence-electron chi connectivity index (χ1n) is 14.3. The normalized spacial score (nSPS) is 13.3. The minimum absolute atomic E-state index is 0. The number of rotatable bonds is 8. The van der Waals surface area contributed by atoms with Gasteiger partial charge in [-0.25, -0.2) is 23.9 Å². The van der Waals surface area contributed by atoms with Gasteiger partial charge in [-0.2, -0.15) is 0 Å². The SMILES string of the molecule is CCc1nnc(NS(=O)(=O)c2ccc(CC(=O)N3CCN(c4ncnc5[nH]cc(-c6c(C)[c-]c(C)[c-]c6C)c45)CC3)cc2)s1.[Y].[Y]. The van der Waals surface area contributed by atoms with Crippen molar-refractivity contribution in [2.45, 2.75) is 45.4 Å². The molecule has 1 saturated heterocycles. The Labute approximate surface area is 323 Å². The maximum atomic E-state index is 13.2. The number of hydrogen-bond acceptors (Lipinski definition) is 9. The topological polar surface area (TPSA) is 137 Å². The molecule has 1 aliphatic rings. The van der Waals surface area contributed by atoms with Gasteiger partial charge >= 0.3 is 0 Å². The van der Waals surface area contributed by atoms with Crippen LogP contribution in [0.1, 0.15) is 34.2 Å².